The van der Waals surface area contributed by atoms with Crippen molar-refractivity contribution >= 4 is 23.2 Å². The molecule has 0 spiro atoms. The molecule has 0 bridgehead atoms. The average Bonchev–Trinajstić information content (AvgIpc) is 2.35. The standard InChI is InChI=1S/C13H19ClN2O3/c1-7-10(15)4-3-9(12(7)14)13(19)11(18)5-6-16-8(2)17/h3-4,11,13,18-19H,5-6,15H2,1-2H3,(H,16,17). The van der Waals surface area contributed by atoms with Gasteiger partial charge in [-0.2, -0.15) is 0 Å². The number of carbonyl (C=O) groups excluding carboxylic acids is 1. The Bertz CT molecular complexity index is 465. The van der Waals surface area contributed by atoms with Gasteiger partial charge in [0.1, 0.15) is 6.10 Å². The Morgan fingerprint density at radius 3 is 2.68 bits per heavy atom. The van der Waals surface area contributed by atoms with Crippen molar-refractivity contribution in [3.8, 4) is 0 Å². The molecular weight excluding hydrogens is 268 g/mol. The number of carbonyl (C=O) groups is 1. The molecule has 6 heteroatoms. The Morgan fingerprint density at radius 1 is 1.47 bits per heavy atom. The van der Waals surface area contributed by atoms with Crippen LogP contribution in [-0.4, -0.2) is 28.8 Å². The van der Waals surface area contributed by atoms with Gasteiger partial charge in [0, 0.05) is 24.7 Å². The molecule has 2 atom stereocenters. The summed E-state index contributed by atoms with van der Waals surface area (Å²) < 4.78 is 0. The van der Waals surface area contributed by atoms with E-state index in [1.807, 2.05) is 0 Å². The van der Waals surface area contributed by atoms with E-state index in [2.05, 4.69) is 5.32 Å². The van der Waals surface area contributed by atoms with Crippen LogP contribution in [0.15, 0.2) is 12.1 Å². The van der Waals surface area contributed by atoms with Crippen LogP contribution in [-0.2, 0) is 4.79 Å². The van der Waals surface area contributed by atoms with Gasteiger partial charge in [-0.15, -0.1) is 0 Å². The van der Waals surface area contributed by atoms with Gasteiger partial charge in [-0.25, -0.2) is 0 Å². The van der Waals surface area contributed by atoms with Crippen LogP contribution in [0.5, 0.6) is 0 Å². The lowest BCUT2D eigenvalue weighted by Crippen LogP contribution is -2.27. The van der Waals surface area contributed by atoms with Crippen LogP contribution in [0, 0.1) is 6.92 Å². The van der Waals surface area contributed by atoms with E-state index >= 15 is 0 Å². The lowest BCUT2D eigenvalue weighted by atomic mass is 9.99. The first-order valence-corrected chi connectivity index (χ1v) is 6.37. The largest absolute Gasteiger partial charge is 0.398 e. The maximum absolute atomic E-state index is 10.7. The Labute approximate surface area is 117 Å². The predicted octanol–water partition coefficient (Wildman–Crippen LogP) is 1.15. The van der Waals surface area contributed by atoms with Crippen molar-refractivity contribution in [1.82, 2.24) is 5.32 Å². The molecule has 19 heavy (non-hydrogen) atoms. The Balaban J connectivity index is 2.74. The molecule has 1 amide bonds. The maximum atomic E-state index is 10.7. The summed E-state index contributed by atoms with van der Waals surface area (Å²) in [7, 11) is 0. The van der Waals surface area contributed by atoms with Crippen LogP contribution in [0.25, 0.3) is 0 Å². The maximum Gasteiger partial charge on any atom is 0.216 e. The summed E-state index contributed by atoms with van der Waals surface area (Å²) in [4.78, 5) is 10.7. The van der Waals surface area contributed by atoms with Gasteiger partial charge in [0.25, 0.3) is 0 Å². The van der Waals surface area contributed by atoms with Gasteiger partial charge < -0.3 is 21.3 Å². The lowest BCUT2D eigenvalue weighted by molar-refractivity contribution is -0.119. The summed E-state index contributed by atoms with van der Waals surface area (Å²) in [5, 5.41) is 22.8. The number of aliphatic hydroxyl groups excluding tert-OH is 2. The highest BCUT2D eigenvalue weighted by atomic mass is 35.5. The summed E-state index contributed by atoms with van der Waals surface area (Å²) in [6.07, 6.45) is -1.88. The van der Waals surface area contributed by atoms with Crippen molar-refractivity contribution in [1.29, 1.82) is 0 Å². The molecule has 0 aliphatic heterocycles. The fourth-order valence-corrected chi connectivity index (χ4v) is 1.99. The van der Waals surface area contributed by atoms with E-state index in [1.54, 1.807) is 19.1 Å². The molecule has 1 aromatic carbocycles. The lowest BCUT2D eigenvalue weighted by Gasteiger charge is -2.20. The number of hydrogen-bond donors (Lipinski definition) is 4. The van der Waals surface area contributed by atoms with Gasteiger partial charge in [-0.05, 0) is 25.0 Å². The third-order valence-corrected chi connectivity index (χ3v) is 3.46. The Morgan fingerprint density at radius 2 is 2.11 bits per heavy atom. The summed E-state index contributed by atoms with van der Waals surface area (Å²) >= 11 is 6.10. The molecule has 0 aliphatic carbocycles. The first-order chi connectivity index (χ1) is 8.84. The first-order valence-electron chi connectivity index (χ1n) is 5.99. The van der Waals surface area contributed by atoms with Gasteiger partial charge in [-0.1, -0.05) is 17.7 Å². The number of halogens is 1. The number of rotatable bonds is 5. The molecule has 0 aromatic heterocycles. The third kappa shape index (κ3) is 4.09. The van der Waals surface area contributed by atoms with E-state index in [-0.39, 0.29) is 12.3 Å². The van der Waals surface area contributed by atoms with Crippen molar-refractivity contribution in [2.24, 2.45) is 0 Å². The van der Waals surface area contributed by atoms with Crippen LogP contribution < -0.4 is 11.1 Å². The number of nitrogens with two attached hydrogens (primary N) is 1. The molecule has 1 rings (SSSR count). The minimum Gasteiger partial charge on any atom is -0.398 e. The smallest absolute Gasteiger partial charge is 0.216 e. The second-order valence-electron chi connectivity index (χ2n) is 4.47. The summed E-state index contributed by atoms with van der Waals surface area (Å²) in [6.45, 7) is 3.43. The van der Waals surface area contributed by atoms with Crippen molar-refractivity contribution in [3.05, 3.63) is 28.3 Å². The quantitative estimate of drug-likeness (QED) is 0.611. The number of hydrogen-bond acceptors (Lipinski definition) is 4. The first kappa shape index (κ1) is 15.8. The molecule has 0 fully saturated rings. The zero-order valence-corrected chi connectivity index (χ0v) is 11.7. The number of anilines is 1. The molecule has 0 aliphatic rings. The minimum atomic E-state index is -1.11. The number of benzene rings is 1. The van der Waals surface area contributed by atoms with E-state index in [0.717, 1.165) is 0 Å². The van der Waals surface area contributed by atoms with E-state index < -0.39 is 12.2 Å². The van der Waals surface area contributed by atoms with Crippen LogP contribution in [0.4, 0.5) is 5.69 Å². The molecule has 5 N–H and O–H groups in total. The number of nitrogens with one attached hydrogen (secondary N) is 1. The molecule has 0 radical (unpaired) electrons. The zero-order chi connectivity index (χ0) is 14.6. The number of aliphatic hydroxyl groups is 2. The van der Waals surface area contributed by atoms with Crippen molar-refractivity contribution in [3.63, 3.8) is 0 Å². The fraction of sp³-hybridized carbons (Fsp3) is 0.462. The second-order valence-corrected chi connectivity index (χ2v) is 4.84. The molecule has 0 saturated heterocycles. The molecule has 2 unspecified atom stereocenters. The summed E-state index contributed by atoms with van der Waals surface area (Å²) in [5.41, 5.74) is 7.35. The highest BCUT2D eigenvalue weighted by Crippen LogP contribution is 2.31. The molecule has 5 nitrogen and oxygen atoms in total. The third-order valence-electron chi connectivity index (χ3n) is 2.96. The highest BCUT2D eigenvalue weighted by Gasteiger charge is 2.21. The van der Waals surface area contributed by atoms with Gasteiger partial charge in [0.2, 0.25) is 5.91 Å². The molecule has 1 aromatic rings. The molecule has 106 valence electrons. The monoisotopic (exact) mass is 286 g/mol. The van der Waals surface area contributed by atoms with Crippen LogP contribution in [0.3, 0.4) is 0 Å². The van der Waals surface area contributed by atoms with Crippen molar-refractivity contribution in [2.75, 3.05) is 12.3 Å². The zero-order valence-electron chi connectivity index (χ0n) is 11.0. The Kier molecular flexibility index (Phi) is 5.60. The van der Waals surface area contributed by atoms with Crippen LogP contribution in [0.1, 0.15) is 30.6 Å². The molecular formula is C13H19ClN2O3. The van der Waals surface area contributed by atoms with E-state index in [9.17, 15) is 15.0 Å². The van der Waals surface area contributed by atoms with E-state index in [0.29, 0.717) is 28.4 Å². The SMILES string of the molecule is CC(=O)NCCC(O)C(O)c1ccc(N)c(C)c1Cl. The van der Waals surface area contributed by atoms with Gasteiger partial charge in [-0.3, -0.25) is 4.79 Å². The molecule has 0 saturated carbocycles. The predicted molar refractivity (Wildman–Crippen MR) is 74.9 cm³/mol. The molecule has 0 heterocycles. The van der Waals surface area contributed by atoms with Crippen molar-refractivity contribution < 1.29 is 15.0 Å². The van der Waals surface area contributed by atoms with E-state index in [4.69, 9.17) is 17.3 Å². The van der Waals surface area contributed by atoms with Crippen LogP contribution in [0.2, 0.25) is 5.02 Å². The average molecular weight is 287 g/mol. The minimum absolute atomic E-state index is 0.178. The normalized spacial score (nSPS) is 13.9. The summed E-state index contributed by atoms with van der Waals surface area (Å²) in [5.74, 6) is -0.178. The fourth-order valence-electron chi connectivity index (χ4n) is 1.71. The Hall–Kier alpha value is -1.30. The van der Waals surface area contributed by atoms with Crippen LogP contribution >= 0.6 is 11.6 Å². The summed E-state index contributed by atoms with van der Waals surface area (Å²) in [6, 6.07) is 3.23. The van der Waals surface area contributed by atoms with E-state index in [1.165, 1.54) is 6.92 Å². The van der Waals surface area contributed by atoms with Gasteiger partial charge in [0.15, 0.2) is 0 Å². The van der Waals surface area contributed by atoms with Crippen molar-refractivity contribution in [2.45, 2.75) is 32.5 Å². The number of nitrogen functional groups attached to an aromatic ring is 1. The highest BCUT2D eigenvalue weighted by molar-refractivity contribution is 6.32. The topological polar surface area (TPSA) is 95.6 Å². The number of amides is 1. The van der Waals surface area contributed by atoms with Gasteiger partial charge in [0.05, 0.1) is 11.1 Å². The van der Waals surface area contributed by atoms with Gasteiger partial charge >= 0.3 is 0 Å². The second kappa shape index (κ2) is 6.75.